The van der Waals surface area contributed by atoms with Crippen molar-refractivity contribution in [2.75, 3.05) is 13.1 Å². The summed E-state index contributed by atoms with van der Waals surface area (Å²) in [4.78, 5) is 5.12. The van der Waals surface area contributed by atoms with Gasteiger partial charge in [0, 0.05) is 30.1 Å². The van der Waals surface area contributed by atoms with Crippen molar-refractivity contribution in [1.29, 1.82) is 0 Å². The van der Waals surface area contributed by atoms with E-state index in [4.69, 9.17) is 5.53 Å². The van der Waals surface area contributed by atoms with Gasteiger partial charge in [-0.3, -0.25) is 4.90 Å². The molecule has 1 aromatic rings. The van der Waals surface area contributed by atoms with Crippen molar-refractivity contribution in [2.24, 2.45) is 5.11 Å². The molecule has 1 saturated heterocycles. The Labute approximate surface area is 89.1 Å². The first-order chi connectivity index (χ1) is 7.33. The second kappa shape index (κ2) is 4.34. The van der Waals surface area contributed by atoms with Gasteiger partial charge in [-0.25, -0.2) is 0 Å². The fourth-order valence-electron chi connectivity index (χ4n) is 1.89. The summed E-state index contributed by atoms with van der Waals surface area (Å²) in [6.45, 7) is 3.81. The van der Waals surface area contributed by atoms with Crippen LogP contribution in [0, 0.1) is 0 Å². The van der Waals surface area contributed by atoms with E-state index in [9.17, 15) is 0 Å². The molecule has 4 nitrogen and oxygen atoms in total. The lowest BCUT2D eigenvalue weighted by atomic mass is 10.1. The largest absolute Gasteiger partial charge is 0.291 e. The third-order valence-electron chi connectivity index (χ3n) is 2.89. The lowest BCUT2D eigenvalue weighted by Crippen LogP contribution is -2.09. The zero-order valence-corrected chi connectivity index (χ0v) is 8.74. The molecule has 1 fully saturated rings. The highest BCUT2D eigenvalue weighted by molar-refractivity contribution is 5.20. The van der Waals surface area contributed by atoms with E-state index >= 15 is 0 Å². The maximum atomic E-state index is 8.22. The lowest BCUT2D eigenvalue weighted by Gasteiger charge is -2.13. The lowest BCUT2D eigenvalue weighted by molar-refractivity contribution is 0.408. The Hall–Kier alpha value is -1.51. The fourth-order valence-corrected chi connectivity index (χ4v) is 1.89. The van der Waals surface area contributed by atoms with Gasteiger partial charge in [0.15, 0.2) is 0 Å². The van der Waals surface area contributed by atoms with Crippen molar-refractivity contribution < 1.29 is 0 Å². The van der Waals surface area contributed by atoms with Gasteiger partial charge in [-0.05, 0) is 18.0 Å². The van der Waals surface area contributed by atoms with Gasteiger partial charge in [0.2, 0.25) is 0 Å². The van der Waals surface area contributed by atoms with Crippen LogP contribution in [0.5, 0.6) is 0 Å². The SMILES string of the molecule is C[C@H](c1ccccc1)N1C[C@H]1CN=[N+]=[N-]. The molecule has 78 valence electrons. The Morgan fingerprint density at radius 3 is 2.93 bits per heavy atom. The highest BCUT2D eigenvalue weighted by Crippen LogP contribution is 2.31. The van der Waals surface area contributed by atoms with Gasteiger partial charge in [0.1, 0.15) is 0 Å². The molecular weight excluding hydrogens is 188 g/mol. The van der Waals surface area contributed by atoms with Crippen LogP contribution in [-0.2, 0) is 0 Å². The van der Waals surface area contributed by atoms with Gasteiger partial charge in [-0.15, -0.1) is 0 Å². The predicted octanol–water partition coefficient (Wildman–Crippen LogP) is 2.74. The second-order valence-corrected chi connectivity index (χ2v) is 3.85. The first-order valence-electron chi connectivity index (χ1n) is 5.14. The van der Waals surface area contributed by atoms with Crippen LogP contribution in [0.1, 0.15) is 18.5 Å². The molecule has 0 N–H and O–H groups in total. The van der Waals surface area contributed by atoms with E-state index in [0.29, 0.717) is 18.6 Å². The van der Waals surface area contributed by atoms with Crippen LogP contribution >= 0.6 is 0 Å². The molecule has 4 heteroatoms. The van der Waals surface area contributed by atoms with E-state index in [1.165, 1.54) is 5.56 Å². The standard InChI is InChI=1S/C11H14N4/c1-9(10-5-3-2-4-6-10)15-8-11(15)7-13-14-12/h2-6,9,11H,7-8H2,1H3/t9-,11-,15?/m1/s1. The van der Waals surface area contributed by atoms with Crippen molar-refractivity contribution in [2.45, 2.75) is 19.0 Å². The predicted molar refractivity (Wildman–Crippen MR) is 59.4 cm³/mol. The molecule has 1 unspecified atom stereocenters. The summed E-state index contributed by atoms with van der Waals surface area (Å²) in [6.07, 6.45) is 0. The smallest absolute Gasteiger partial charge is 0.0426 e. The van der Waals surface area contributed by atoms with Crippen LogP contribution < -0.4 is 0 Å². The van der Waals surface area contributed by atoms with Crippen LogP contribution in [0.4, 0.5) is 0 Å². The average Bonchev–Trinajstić information content (AvgIpc) is 3.06. The summed E-state index contributed by atoms with van der Waals surface area (Å²) in [5.74, 6) is 0. The summed E-state index contributed by atoms with van der Waals surface area (Å²) in [5, 5.41) is 3.60. The second-order valence-electron chi connectivity index (χ2n) is 3.85. The first-order valence-corrected chi connectivity index (χ1v) is 5.14. The van der Waals surface area contributed by atoms with Crippen LogP contribution in [0.15, 0.2) is 35.4 Å². The van der Waals surface area contributed by atoms with E-state index in [-0.39, 0.29) is 0 Å². The Morgan fingerprint density at radius 2 is 2.27 bits per heavy atom. The number of hydrogen-bond acceptors (Lipinski definition) is 2. The van der Waals surface area contributed by atoms with Crippen LogP contribution in [-0.4, -0.2) is 24.0 Å². The Balaban J connectivity index is 1.94. The quantitative estimate of drug-likeness (QED) is 0.320. The molecule has 15 heavy (non-hydrogen) atoms. The van der Waals surface area contributed by atoms with E-state index < -0.39 is 0 Å². The zero-order valence-electron chi connectivity index (χ0n) is 8.74. The van der Waals surface area contributed by atoms with Gasteiger partial charge < -0.3 is 0 Å². The van der Waals surface area contributed by atoms with Crippen molar-refractivity contribution in [3.63, 3.8) is 0 Å². The summed E-state index contributed by atoms with van der Waals surface area (Å²) in [5.41, 5.74) is 9.54. The minimum atomic E-state index is 0.421. The van der Waals surface area contributed by atoms with Gasteiger partial charge in [-0.2, -0.15) is 0 Å². The van der Waals surface area contributed by atoms with Crippen molar-refractivity contribution in [3.8, 4) is 0 Å². The molecule has 1 aliphatic heterocycles. The number of hydrogen-bond donors (Lipinski definition) is 0. The highest BCUT2D eigenvalue weighted by atomic mass is 15.3. The topological polar surface area (TPSA) is 51.8 Å². The molecule has 2 rings (SSSR count). The molecule has 1 aliphatic rings. The monoisotopic (exact) mass is 202 g/mol. The summed E-state index contributed by atoms with van der Waals surface area (Å²) in [6, 6.07) is 11.3. The third kappa shape index (κ3) is 2.29. The van der Waals surface area contributed by atoms with Crippen LogP contribution in [0.3, 0.4) is 0 Å². The maximum absolute atomic E-state index is 8.22. The van der Waals surface area contributed by atoms with Gasteiger partial charge in [0.25, 0.3) is 0 Å². The molecule has 0 aromatic heterocycles. The number of azide groups is 1. The van der Waals surface area contributed by atoms with Crippen molar-refractivity contribution >= 4 is 0 Å². The first kappa shape index (κ1) is 10.0. The van der Waals surface area contributed by atoms with E-state index in [0.717, 1.165) is 6.54 Å². The zero-order chi connectivity index (χ0) is 10.7. The van der Waals surface area contributed by atoms with Gasteiger partial charge >= 0.3 is 0 Å². The highest BCUT2D eigenvalue weighted by Gasteiger charge is 2.37. The van der Waals surface area contributed by atoms with Gasteiger partial charge in [0.05, 0.1) is 0 Å². The minimum Gasteiger partial charge on any atom is -0.291 e. The van der Waals surface area contributed by atoms with E-state index in [2.05, 4.69) is 46.1 Å². The third-order valence-corrected chi connectivity index (χ3v) is 2.89. The van der Waals surface area contributed by atoms with Crippen LogP contribution in [0.2, 0.25) is 0 Å². The summed E-state index contributed by atoms with van der Waals surface area (Å²) >= 11 is 0. The molecule has 0 saturated carbocycles. The molecule has 0 radical (unpaired) electrons. The Morgan fingerprint density at radius 1 is 1.53 bits per heavy atom. The normalized spacial score (nSPS) is 25.4. The molecule has 0 bridgehead atoms. The van der Waals surface area contributed by atoms with Crippen molar-refractivity contribution in [1.82, 2.24) is 4.90 Å². The molecule has 0 amide bonds. The molecule has 3 atom stereocenters. The van der Waals surface area contributed by atoms with Gasteiger partial charge in [-0.1, -0.05) is 35.4 Å². The van der Waals surface area contributed by atoms with E-state index in [1.54, 1.807) is 0 Å². The summed E-state index contributed by atoms with van der Waals surface area (Å²) in [7, 11) is 0. The molecule has 1 aromatic carbocycles. The average molecular weight is 202 g/mol. The number of nitrogens with zero attached hydrogens (tertiary/aromatic N) is 4. The molecule has 0 spiro atoms. The Kier molecular flexibility index (Phi) is 2.90. The maximum Gasteiger partial charge on any atom is 0.0426 e. The fraction of sp³-hybridized carbons (Fsp3) is 0.455. The number of benzene rings is 1. The number of rotatable bonds is 4. The molecule has 0 aliphatic carbocycles. The van der Waals surface area contributed by atoms with Crippen LogP contribution in [0.25, 0.3) is 10.4 Å². The van der Waals surface area contributed by atoms with E-state index in [1.807, 2.05) is 6.07 Å². The van der Waals surface area contributed by atoms with Crippen molar-refractivity contribution in [3.05, 3.63) is 46.3 Å². The molecule has 1 heterocycles. The Bertz CT molecular complexity index is 369. The molecular formula is C11H14N4. The minimum absolute atomic E-state index is 0.421. The summed E-state index contributed by atoms with van der Waals surface area (Å²) < 4.78 is 0.